The number of hydrogen-bond acceptors (Lipinski definition) is 3. The fourth-order valence-electron chi connectivity index (χ4n) is 1.42. The second kappa shape index (κ2) is 5.74. The van der Waals surface area contributed by atoms with E-state index in [0.717, 1.165) is 4.90 Å². The number of nitrogen functional groups attached to an aromatic ring is 1. The maximum absolute atomic E-state index is 10.9. The highest BCUT2D eigenvalue weighted by Crippen LogP contribution is 2.35. The zero-order valence-electron chi connectivity index (χ0n) is 9.56. The Morgan fingerprint density at radius 1 is 1.11 bits per heavy atom. The number of aromatic carboxylic acids is 1. The first-order valence-electron chi connectivity index (χ1n) is 5.23. The molecule has 0 saturated heterocycles. The Bertz CT molecular complexity index is 647. The number of halogens is 2. The van der Waals surface area contributed by atoms with Crippen LogP contribution in [0.25, 0.3) is 0 Å². The number of rotatable bonds is 3. The monoisotopic (exact) mass is 313 g/mol. The molecule has 0 fully saturated rings. The van der Waals surface area contributed by atoms with Crippen LogP contribution in [0, 0.1) is 0 Å². The van der Waals surface area contributed by atoms with Crippen LogP contribution in [0.1, 0.15) is 10.4 Å². The van der Waals surface area contributed by atoms with Crippen LogP contribution in [-0.4, -0.2) is 11.1 Å². The van der Waals surface area contributed by atoms with Gasteiger partial charge in [-0.1, -0.05) is 35.0 Å². The second-order valence-electron chi connectivity index (χ2n) is 3.74. The summed E-state index contributed by atoms with van der Waals surface area (Å²) in [6.07, 6.45) is 0. The minimum atomic E-state index is -0.990. The maximum atomic E-state index is 10.9. The van der Waals surface area contributed by atoms with E-state index < -0.39 is 5.97 Å². The van der Waals surface area contributed by atoms with Gasteiger partial charge in [-0.05, 0) is 36.4 Å². The summed E-state index contributed by atoms with van der Waals surface area (Å²) in [5.74, 6) is -0.990. The van der Waals surface area contributed by atoms with E-state index in [1.165, 1.54) is 23.9 Å². The van der Waals surface area contributed by atoms with E-state index in [2.05, 4.69) is 0 Å². The summed E-state index contributed by atoms with van der Waals surface area (Å²) in [4.78, 5) is 12.4. The maximum Gasteiger partial charge on any atom is 0.335 e. The lowest BCUT2D eigenvalue weighted by Crippen LogP contribution is -1.98. The molecule has 0 amide bonds. The van der Waals surface area contributed by atoms with Gasteiger partial charge in [-0.25, -0.2) is 4.79 Å². The van der Waals surface area contributed by atoms with Crippen LogP contribution in [0.3, 0.4) is 0 Å². The lowest BCUT2D eigenvalue weighted by molar-refractivity contribution is 0.0696. The molecule has 0 spiro atoms. The fourth-order valence-corrected chi connectivity index (χ4v) is 2.72. The van der Waals surface area contributed by atoms with Crippen LogP contribution >= 0.6 is 35.0 Å². The van der Waals surface area contributed by atoms with Gasteiger partial charge in [0.2, 0.25) is 0 Å². The first kappa shape index (κ1) is 14.1. The molecule has 2 aromatic carbocycles. The van der Waals surface area contributed by atoms with E-state index in [1.807, 2.05) is 0 Å². The van der Waals surface area contributed by atoms with Crippen LogP contribution in [-0.2, 0) is 0 Å². The van der Waals surface area contributed by atoms with Gasteiger partial charge in [-0.15, -0.1) is 0 Å². The van der Waals surface area contributed by atoms with Gasteiger partial charge in [0.15, 0.2) is 0 Å². The summed E-state index contributed by atoms with van der Waals surface area (Å²) in [7, 11) is 0. The number of carboxylic acid groups (broad SMARTS) is 1. The molecule has 19 heavy (non-hydrogen) atoms. The summed E-state index contributed by atoms with van der Waals surface area (Å²) in [5.41, 5.74) is 6.54. The summed E-state index contributed by atoms with van der Waals surface area (Å²) in [5, 5.41) is 9.87. The van der Waals surface area contributed by atoms with Crippen LogP contribution in [0.4, 0.5) is 5.69 Å². The average molecular weight is 314 g/mol. The van der Waals surface area contributed by atoms with Crippen LogP contribution in [0.15, 0.2) is 46.2 Å². The summed E-state index contributed by atoms with van der Waals surface area (Å²) in [6.45, 7) is 0. The fraction of sp³-hybridized carbons (Fsp3) is 0. The molecule has 0 saturated carbocycles. The zero-order valence-corrected chi connectivity index (χ0v) is 11.9. The number of anilines is 1. The van der Waals surface area contributed by atoms with Crippen molar-refractivity contribution in [2.24, 2.45) is 0 Å². The summed E-state index contributed by atoms with van der Waals surface area (Å²) < 4.78 is 0. The molecule has 0 heterocycles. The number of benzene rings is 2. The van der Waals surface area contributed by atoms with Crippen molar-refractivity contribution in [1.82, 2.24) is 0 Å². The predicted octanol–water partition coefficient (Wildman–Crippen LogP) is 4.43. The van der Waals surface area contributed by atoms with Crippen LogP contribution < -0.4 is 5.73 Å². The minimum Gasteiger partial charge on any atom is -0.478 e. The molecule has 0 aromatic heterocycles. The molecule has 0 aliphatic carbocycles. The van der Waals surface area contributed by atoms with E-state index in [4.69, 9.17) is 34.0 Å². The van der Waals surface area contributed by atoms with Gasteiger partial charge in [-0.2, -0.15) is 0 Å². The van der Waals surface area contributed by atoms with Crippen LogP contribution in [0.2, 0.25) is 10.0 Å². The number of hydrogen-bond donors (Lipinski definition) is 2. The molecule has 3 N–H and O–H groups in total. The molecule has 98 valence electrons. The normalized spacial score (nSPS) is 10.4. The van der Waals surface area contributed by atoms with Crippen molar-refractivity contribution in [3.63, 3.8) is 0 Å². The van der Waals surface area contributed by atoms with E-state index in [0.29, 0.717) is 20.6 Å². The van der Waals surface area contributed by atoms with Gasteiger partial charge in [0.25, 0.3) is 0 Å². The Labute approximate surface area is 124 Å². The molecule has 2 rings (SSSR count). The van der Waals surface area contributed by atoms with Gasteiger partial charge in [0.1, 0.15) is 0 Å². The molecule has 3 nitrogen and oxygen atoms in total. The minimum absolute atomic E-state index is 0.191. The molecule has 0 unspecified atom stereocenters. The lowest BCUT2D eigenvalue weighted by Gasteiger charge is -2.07. The molecule has 2 aromatic rings. The van der Waals surface area contributed by atoms with Crippen molar-refractivity contribution in [2.75, 3.05) is 5.73 Å². The highest BCUT2D eigenvalue weighted by atomic mass is 35.5. The van der Waals surface area contributed by atoms with Gasteiger partial charge >= 0.3 is 5.97 Å². The number of nitrogens with two attached hydrogens (primary N) is 1. The lowest BCUT2D eigenvalue weighted by atomic mass is 10.2. The Balaban J connectivity index is 2.34. The molecule has 0 bridgehead atoms. The Morgan fingerprint density at radius 3 is 2.47 bits per heavy atom. The highest BCUT2D eigenvalue weighted by Gasteiger charge is 2.09. The van der Waals surface area contributed by atoms with Crippen LogP contribution in [0.5, 0.6) is 0 Å². The molecule has 0 radical (unpaired) electrons. The Morgan fingerprint density at radius 2 is 1.84 bits per heavy atom. The quantitative estimate of drug-likeness (QED) is 0.823. The third-order valence-corrected chi connectivity index (χ3v) is 4.18. The molecule has 6 heteroatoms. The molecule has 0 aliphatic rings. The zero-order chi connectivity index (χ0) is 14.0. The van der Waals surface area contributed by atoms with Crippen molar-refractivity contribution in [2.45, 2.75) is 9.79 Å². The van der Waals surface area contributed by atoms with E-state index in [9.17, 15) is 4.79 Å². The van der Waals surface area contributed by atoms with Gasteiger partial charge in [0, 0.05) is 15.5 Å². The van der Waals surface area contributed by atoms with Gasteiger partial charge in [-0.3, -0.25) is 0 Å². The van der Waals surface area contributed by atoms with Gasteiger partial charge in [0.05, 0.1) is 15.6 Å². The Hall–Kier alpha value is -1.36. The third kappa shape index (κ3) is 3.35. The number of carboxylic acids is 1. The van der Waals surface area contributed by atoms with Crippen molar-refractivity contribution in [3.8, 4) is 0 Å². The molecule has 0 aliphatic heterocycles. The second-order valence-corrected chi connectivity index (χ2v) is 5.67. The molecule has 0 atom stereocenters. The topological polar surface area (TPSA) is 63.3 Å². The Kier molecular flexibility index (Phi) is 4.24. The van der Waals surface area contributed by atoms with Crippen molar-refractivity contribution < 1.29 is 9.90 Å². The van der Waals surface area contributed by atoms with E-state index >= 15 is 0 Å². The first-order chi connectivity index (χ1) is 8.97. The molecular weight excluding hydrogens is 305 g/mol. The van der Waals surface area contributed by atoms with Crippen molar-refractivity contribution in [1.29, 1.82) is 0 Å². The van der Waals surface area contributed by atoms with Gasteiger partial charge < -0.3 is 10.8 Å². The van der Waals surface area contributed by atoms with Crippen molar-refractivity contribution >= 4 is 46.6 Å². The summed E-state index contributed by atoms with van der Waals surface area (Å²) >= 11 is 13.1. The molecular formula is C13H9Cl2NO2S. The van der Waals surface area contributed by atoms with E-state index in [1.54, 1.807) is 24.3 Å². The third-order valence-electron chi connectivity index (χ3n) is 2.38. The average Bonchev–Trinajstić information content (AvgIpc) is 2.36. The predicted molar refractivity (Wildman–Crippen MR) is 78.4 cm³/mol. The summed E-state index contributed by atoms with van der Waals surface area (Å²) in [6, 6.07) is 9.77. The number of carbonyl (C=O) groups is 1. The van der Waals surface area contributed by atoms with Crippen molar-refractivity contribution in [3.05, 3.63) is 52.0 Å². The first-order valence-corrected chi connectivity index (χ1v) is 6.80. The SMILES string of the molecule is Nc1ccc(C(=O)O)cc1Sc1ccc(Cl)c(Cl)c1. The highest BCUT2D eigenvalue weighted by molar-refractivity contribution is 7.99. The van der Waals surface area contributed by atoms with E-state index in [-0.39, 0.29) is 5.56 Å². The standard InChI is InChI=1S/C13H9Cl2NO2S/c14-9-3-2-8(6-10(9)15)19-12-5-7(13(17)18)1-4-11(12)16/h1-6H,16H2,(H,17,18). The largest absolute Gasteiger partial charge is 0.478 e. The smallest absolute Gasteiger partial charge is 0.335 e.